The maximum Gasteiger partial charge on any atom is 0.261 e. The van der Waals surface area contributed by atoms with Crippen LogP contribution in [0.3, 0.4) is 0 Å². The number of carbonyl (C=O) groups excluding carboxylic acids is 1. The zero-order valence-corrected chi connectivity index (χ0v) is 15.2. The first kappa shape index (κ1) is 19.0. The van der Waals surface area contributed by atoms with E-state index in [0.717, 1.165) is 11.1 Å². The number of nitrogens with two attached hydrogens (primary N) is 1. The summed E-state index contributed by atoms with van der Waals surface area (Å²) in [5, 5.41) is 2.75. The van der Waals surface area contributed by atoms with E-state index in [1.165, 1.54) is 0 Å². The molecule has 0 saturated carbocycles. The van der Waals surface area contributed by atoms with Crippen LogP contribution in [-0.2, 0) is 10.0 Å². The summed E-state index contributed by atoms with van der Waals surface area (Å²) in [4.78, 5) is 12.1. The minimum absolute atomic E-state index is 0.208. The Bertz CT molecular complexity index is 846. The molecule has 2 aromatic carbocycles. The Balaban J connectivity index is 2.09. The van der Waals surface area contributed by atoms with Crippen molar-refractivity contribution in [1.82, 2.24) is 5.32 Å². The fourth-order valence-electron chi connectivity index (χ4n) is 2.19. The number of rotatable bonds is 7. The molecule has 0 bridgehead atoms. The first-order valence-corrected chi connectivity index (χ1v) is 9.50. The van der Waals surface area contributed by atoms with Crippen LogP contribution in [0.5, 0.6) is 0 Å². The molecule has 0 heterocycles. The minimum atomic E-state index is -3.67. The van der Waals surface area contributed by atoms with Gasteiger partial charge in [-0.2, -0.15) is 0 Å². The van der Waals surface area contributed by atoms with Crippen LogP contribution in [0, 0.1) is 13.8 Å². The molecule has 134 valence electrons. The average molecular weight is 361 g/mol. The number of amides is 1. The van der Waals surface area contributed by atoms with Crippen LogP contribution < -0.4 is 15.8 Å². The van der Waals surface area contributed by atoms with Gasteiger partial charge in [-0.3, -0.25) is 9.52 Å². The molecule has 0 atom stereocenters. The third-order valence-corrected chi connectivity index (χ3v) is 5.23. The Morgan fingerprint density at radius 1 is 1.04 bits per heavy atom. The van der Waals surface area contributed by atoms with Crippen molar-refractivity contribution < 1.29 is 13.2 Å². The van der Waals surface area contributed by atoms with Gasteiger partial charge in [0.1, 0.15) is 0 Å². The molecule has 1 amide bonds. The fourth-order valence-corrected chi connectivity index (χ4v) is 3.33. The molecule has 4 N–H and O–H groups in total. The van der Waals surface area contributed by atoms with Crippen molar-refractivity contribution in [3.05, 3.63) is 59.2 Å². The van der Waals surface area contributed by atoms with E-state index in [1.807, 2.05) is 13.8 Å². The maximum absolute atomic E-state index is 12.5. The number of carbonyl (C=O) groups is 1. The smallest absolute Gasteiger partial charge is 0.261 e. The highest BCUT2D eigenvalue weighted by atomic mass is 32.2. The van der Waals surface area contributed by atoms with Gasteiger partial charge >= 0.3 is 0 Å². The van der Waals surface area contributed by atoms with Crippen LogP contribution in [0.4, 0.5) is 5.69 Å². The first-order chi connectivity index (χ1) is 11.8. The molecular formula is C18H23N3O3S. The molecule has 0 aliphatic heterocycles. The highest BCUT2D eigenvalue weighted by Gasteiger charge is 2.15. The number of hydrogen-bond acceptors (Lipinski definition) is 4. The number of sulfonamides is 1. The van der Waals surface area contributed by atoms with Crippen LogP contribution in [0.15, 0.2) is 47.4 Å². The second-order valence-corrected chi connectivity index (χ2v) is 7.51. The van der Waals surface area contributed by atoms with Gasteiger partial charge in [0.15, 0.2) is 0 Å². The van der Waals surface area contributed by atoms with E-state index >= 15 is 0 Å². The monoisotopic (exact) mass is 361 g/mol. The first-order valence-electron chi connectivity index (χ1n) is 8.02. The van der Waals surface area contributed by atoms with Gasteiger partial charge in [0.05, 0.1) is 4.90 Å². The lowest BCUT2D eigenvalue weighted by Crippen LogP contribution is -2.25. The van der Waals surface area contributed by atoms with E-state index in [4.69, 9.17) is 5.73 Å². The molecule has 0 spiro atoms. The van der Waals surface area contributed by atoms with Gasteiger partial charge in [-0.1, -0.05) is 6.07 Å². The van der Waals surface area contributed by atoms with E-state index in [2.05, 4.69) is 10.0 Å². The molecule has 0 unspecified atom stereocenters. The van der Waals surface area contributed by atoms with Crippen LogP contribution in [-0.4, -0.2) is 27.4 Å². The fraction of sp³-hybridized carbons (Fsp3) is 0.278. The van der Waals surface area contributed by atoms with Gasteiger partial charge in [0.2, 0.25) is 0 Å². The summed E-state index contributed by atoms with van der Waals surface area (Å²) in [6.07, 6.45) is 0.708. The molecule has 2 aromatic rings. The number of nitrogens with one attached hydrogen (secondary N) is 2. The molecular weight excluding hydrogens is 338 g/mol. The maximum atomic E-state index is 12.5. The van der Waals surface area contributed by atoms with Crippen molar-refractivity contribution in [3.63, 3.8) is 0 Å². The molecule has 25 heavy (non-hydrogen) atoms. The van der Waals surface area contributed by atoms with E-state index in [0.29, 0.717) is 30.8 Å². The highest BCUT2D eigenvalue weighted by molar-refractivity contribution is 7.92. The number of aryl methyl sites for hydroxylation is 2. The van der Waals surface area contributed by atoms with Crippen LogP contribution in [0.25, 0.3) is 0 Å². The summed E-state index contributed by atoms with van der Waals surface area (Å²) in [7, 11) is -3.67. The van der Waals surface area contributed by atoms with E-state index in [-0.39, 0.29) is 10.8 Å². The van der Waals surface area contributed by atoms with Crippen molar-refractivity contribution in [2.75, 3.05) is 17.8 Å². The van der Waals surface area contributed by atoms with Crippen LogP contribution >= 0.6 is 0 Å². The van der Waals surface area contributed by atoms with Crippen LogP contribution in [0.1, 0.15) is 27.9 Å². The van der Waals surface area contributed by atoms with Crippen molar-refractivity contribution in [2.45, 2.75) is 25.2 Å². The number of benzene rings is 2. The summed E-state index contributed by atoms with van der Waals surface area (Å²) in [6.45, 7) is 4.82. The molecule has 0 radical (unpaired) electrons. The molecule has 2 rings (SSSR count). The predicted molar refractivity (Wildman–Crippen MR) is 99.2 cm³/mol. The summed E-state index contributed by atoms with van der Waals surface area (Å²) in [6, 6.07) is 11.3. The summed E-state index contributed by atoms with van der Waals surface area (Å²) in [5.41, 5.74) is 8.19. The van der Waals surface area contributed by atoms with Gasteiger partial charge in [0.25, 0.3) is 15.9 Å². The van der Waals surface area contributed by atoms with Gasteiger partial charge in [-0.05, 0) is 74.3 Å². The third-order valence-electron chi connectivity index (χ3n) is 3.85. The van der Waals surface area contributed by atoms with Crippen molar-refractivity contribution in [3.8, 4) is 0 Å². The van der Waals surface area contributed by atoms with Crippen LogP contribution in [0.2, 0.25) is 0 Å². The van der Waals surface area contributed by atoms with Gasteiger partial charge in [0, 0.05) is 17.8 Å². The van der Waals surface area contributed by atoms with Gasteiger partial charge in [-0.15, -0.1) is 0 Å². The Morgan fingerprint density at radius 3 is 2.32 bits per heavy atom. The Hall–Kier alpha value is -2.38. The average Bonchev–Trinajstić information content (AvgIpc) is 2.57. The molecule has 7 heteroatoms. The van der Waals surface area contributed by atoms with Crippen molar-refractivity contribution in [1.29, 1.82) is 0 Å². The summed E-state index contributed by atoms with van der Waals surface area (Å²) < 4.78 is 27.4. The molecule has 0 aliphatic rings. The molecule has 0 aliphatic carbocycles. The highest BCUT2D eigenvalue weighted by Crippen LogP contribution is 2.19. The van der Waals surface area contributed by atoms with E-state index in [9.17, 15) is 13.2 Å². The lowest BCUT2D eigenvalue weighted by Gasteiger charge is -2.10. The van der Waals surface area contributed by atoms with Crippen molar-refractivity contribution in [2.24, 2.45) is 5.73 Å². The lowest BCUT2D eigenvalue weighted by atomic mass is 10.1. The lowest BCUT2D eigenvalue weighted by molar-refractivity contribution is 0.0953. The third kappa shape index (κ3) is 5.04. The summed E-state index contributed by atoms with van der Waals surface area (Å²) in [5.74, 6) is -0.211. The standard InChI is InChI=1S/C18H23N3O3S/c1-13-4-9-17(12-14(13)2)25(23,24)21-16-7-5-15(6-8-16)18(22)20-11-3-10-19/h4-9,12,21H,3,10-11,19H2,1-2H3,(H,20,22). The molecule has 0 fully saturated rings. The Kier molecular flexibility index (Phi) is 6.17. The molecule has 6 nitrogen and oxygen atoms in total. The van der Waals surface area contributed by atoms with Gasteiger partial charge < -0.3 is 11.1 Å². The number of anilines is 1. The molecule has 0 aromatic heterocycles. The van der Waals surface area contributed by atoms with Gasteiger partial charge in [-0.25, -0.2) is 8.42 Å². The predicted octanol–water partition coefficient (Wildman–Crippen LogP) is 2.18. The zero-order chi connectivity index (χ0) is 18.4. The zero-order valence-electron chi connectivity index (χ0n) is 14.4. The Labute approximate surface area is 148 Å². The topological polar surface area (TPSA) is 101 Å². The van der Waals surface area contributed by atoms with E-state index in [1.54, 1.807) is 42.5 Å². The second kappa shape index (κ2) is 8.13. The number of hydrogen-bond donors (Lipinski definition) is 3. The Morgan fingerprint density at radius 2 is 1.72 bits per heavy atom. The second-order valence-electron chi connectivity index (χ2n) is 5.83. The molecule has 0 saturated heterocycles. The summed E-state index contributed by atoms with van der Waals surface area (Å²) >= 11 is 0. The minimum Gasteiger partial charge on any atom is -0.352 e. The normalized spacial score (nSPS) is 11.2. The van der Waals surface area contributed by atoms with E-state index < -0.39 is 10.0 Å². The largest absolute Gasteiger partial charge is 0.352 e. The van der Waals surface area contributed by atoms with Crippen molar-refractivity contribution >= 4 is 21.6 Å². The quantitative estimate of drug-likeness (QED) is 0.658. The SMILES string of the molecule is Cc1ccc(S(=O)(=O)Nc2ccc(C(=O)NCCCN)cc2)cc1C.